The molecule has 0 amide bonds. The number of hydrogen-bond donors (Lipinski definition) is 1. The highest BCUT2D eigenvalue weighted by Gasteiger charge is 2.19. The molecule has 102 valence electrons. The smallest absolute Gasteiger partial charge is 0.0657 e. The lowest BCUT2D eigenvalue weighted by Crippen LogP contribution is -2.16. The number of halogens is 1. The molecular weight excluding hydrogens is 318 g/mol. The summed E-state index contributed by atoms with van der Waals surface area (Å²) in [5.74, 6) is 0. The molecule has 0 aliphatic rings. The van der Waals surface area contributed by atoms with Crippen LogP contribution in [-0.4, -0.2) is 0 Å². The third-order valence-corrected chi connectivity index (χ3v) is 5.82. The van der Waals surface area contributed by atoms with Gasteiger partial charge in [0.05, 0.1) is 6.04 Å². The van der Waals surface area contributed by atoms with Crippen molar-refractivity contribution in [2.24, 2.45) is 5.73 Å². The molecule has 2 N–H and O–H groups in total. The van der Waals surface area contributed by atoms with Gasteiger partial charge in [-0.3, -0.25) is 0 Å². The maximum Gasteiger partial charge on any atom is 0.0657 e. The van der Waals surface area contributed by atoms with Gasteiger partial charge < -0.3 is 5.73 Å². The second-order valence-corrected chi connectivity index (χ2v) is 7.27. The Balaban J connectivity index is 2.26. The van der Waals surface area contributed by atoms with Crippen LogP contribution in [0.15, 0.2) is 40.2 Å². The van der Waals surface area contributed by atoms with Crippen molar-refractivity contribution in [1.82, 2.24) is 0 Å². The second-order valence-electron chi connectivity index (χ2n) is 5.47. The molecule has 1 atom stereocenters. The van der Waals surface area contributed by atoms with Crippen LogP contribution in [0.3, 0.4) is 0 Å². The highest BCUT2D eigenvalue weighted by Crippen LogP contribution is 2.33. The molecular formula is C16H20BrNS. The van der Waals surface area contributed by atoms with Crippen LogP contribution in [0.1, 0.15) is 49.2 Å². The van der Waals surface area contributed by atoms with Crippen LogP contribution in [0, 0.1) is 0 Å². The van der Waals surface area contributed by atoms with E-state index < -0.39 is 0 Å². The summed E-state index contributed by atoms with van der Waals surface area (Å²) in [4.78, 5) is 1.18. The molecule has 1 unspecified atom stereocenters. The fourth-order valence-corrected chi connectivity index (χ4v) is 3.67. The minimum absolute atomic E-state index is 0.0480. The van der Waals surface area contributed by atoms with E-state index in [2.05, 4.69) is 72.4 Å². The topological polar surface area (TPSA) is 26.0 Å². The molecule has 0 saturated carbocycles. The third kappa shape index (κ3) is 3.10. The first-order valence-corrected chi connectivity index (χ1v) is 8.22. The Bertz CT molecular complexity index is 542. The van der Waals surface area contributed by atoms with Crippen LogP contribution in [0.5, 0.6) is 0 Å². The van der Waals surface area contributed by atoms with E-state index in [1.165, 1.54) is 16.0 Å². The van der Waals surface area contributed by atoms with Crippen molar-refractivity contribution < 1.29 is 0 Å². The van der Waals surface area contributed by atoms with Crippen molar-refractivity contribution in [1.29, 1.82) is 0 Å². The average Bonchev–Trinajstić information content (AvgIpc) is 2.84. The van der Waals surface area contributed by atoms with E-state index in [1.807, 2.05) is 0 Å². The number of thiophene rings is 1. The summed E-state index contributed by atoms with van der Waals surface area (Å²) in [5.41, 5.74) is 9.10. The lowest BCUT2D eigenvalue weighted by molar-refractivity contribution is 0.506. The number of benzene rings is 1. The maximum atomic E-state index is 6.33. The Hall–Kier alpha value is -0.640. The van der Waals surface area contributed by atoms with E-state index in [1.54, 1.807) is 11.3 Å². The predicted molar refractivity (Wildman–Crippen MR) is 87.8 cm³/mol. The first-order chi connectivity index (χ1) is 8.95. The zero-order valence-corrected chi connectivity index (χ0v) is 14.0. The van der Waals surface area contributed by atoms with Crippen molar-refractivity contribution in [3.63, 3.8) is 0 Å². The first-order valence-electron chi connectivity index (χ1n) is 6.54. The molecule has 3 heteroatoms. The van der Waals surface area contributed by atoms with Crippen LogP contribution in [0.2, 0.25) is 0 Å². The monoisotopic (exact) mass is 337 g/mol. The van der Waals surface area contributed by atoms with Crippen LogP contribution in [0.4, 0.5) is 0 Å². The standard InChI is InChI=1S/C16H20BrNS/c1-4-16(2,3)12-7-5-11(6-8-12)14(18)15-13(17)9-10-19-15/h5-10,14H,4,18H2,1-3H3. The van der Waals surface area contributed by atoms with E-state index in [9.17, 15) is 0 Å². The highest BCUT2D eigenvalue weighted by molar-refractivity contribution is 9.10. The Morgan fingerprint density at radius 1 is 1.21 bits per heavy atom. The van der Waals surface area contributed by atoms with Gasteiger partial charge in [-0.05, 0) is 50.3 Å². The molecule has 2 aromatic rings. The molecule has 2 rings (SSSR count). The zero-order valence-electron chi connectivity index (χ0n) is 11.6. The van der Waals surface area contributed by atoms with Crippen LogP contribution >= 0.6 is 27.3 Å². The molecule has 1 aromatic heterocycles. The largest absolute Gasteiger partial charge is 0.320 e. The van der Waals surface area contributed by atoms with Crippen molar-refractivity contribution in [3.8, 4) is 0 Å². The van der Waals surface area contributed by atoms with Gasteiger partial charge >= 0.3 is 0 Å². The number of hydrogen-bond acceptors (Lipinski definition) is 2. The van der Waals surface area contributed by atoms with Crippen molar-refractivity contribution >= 4 is 27.3 Å². The Morgan fingerprint density at radius 2 is 1.84 bits per heavy atom. The van der Waals surface area contributed by atoms with Crippen molar-refractivity contribution in [2.75, 3.05) is 0 Å². The summed E-state index contributed by atoms with van der Waals surface area (Å²) in [6.07, 6.45) is 1.13. The molecule has 19 heavy (non-hydrogen) atoms. The quantitative estimate of drug-likeness (QED) is 0.810. The van der Waals surface area contributed by atoms with Gasteiger partial charge in [0.15, 0.2) is 0 Å². The minimum atomic E-state index is -0.0480. The normalized spacial score (nSPS) is 13.5. The van der Waals surface area contributed by atoms with Crippen LogP contribution < -0.4 is 5.73 Å². The van der Waals surface area contributed by atoms with Crippen LogP contribution in [-0.2, 0) is 5.41 Å². The first kappa shape index (κ1) is 14.8. The van der Waals surface area contributed by atoms with E-state index in [0.29, 0.717) is 0 Å². The zero-order chi connectivity index (χ0) is 14.0. The summed E-state index contributed by atoms with van der Waals surface area (Å²) < 4.78 is 1.10. The van der Waals surface area contributed by atoms with E-state index in [-0.39, 0.29) is 11.5 Å². The van der Waals surface area contributed by atoms with E-state index in [4.69, 9.17) is 5.73 Å². The maximum absolute atomic E-state index is 6.33. The lowest BCUT2D eigenvalue weighted by atomic mass is 9.82. The molecule has 0 saturated heterocycles. The Morgan fingerprint density at radius 3 is 2.32 bits per heavy atom. The molecule has 1 nitrogen and oxygen atoms in total. The van der Waals surface area contributed by atoms with Gasteiger partial charge in [-0.15, -0.1) is 11.3 Å². The summed E-state index contributed by atoms with van der Waals surface area (Å²) in [6.45, 7) is 6.78. The summed E-state index contributed by atoms with van der Waals surface area (Å²) in [6, 6.07) is 10.7. The van der Waals surface area contributed by atoms with Crippen molar-refractivity contribution in [2.45, 2.75) is 38.6 Å². The van der Waals surface area contributed by atoms with Crippen LogP contribution in [0.25, 0.3) is 0 Å². The third-order valence-electron chi connectivity index (χ3n) is 3.86. The highest BCUT2D eigenvalue weighted by atomic mass is 79.9. The molecule has 0 aliphatic heterocycles. The van der Waals surface area contributed by atoms with Gasteiger partial charge in [-0.1, -0.05) is 45.0 Å². The predicted octanol–water partition coefficient (Wildman–Crippen LogP) is 5.25. The molecule has 0 fully saturated rings. The van der Waals surface area contributed by atoms with Gasteiger partial charge in [0.25, 0.3) is 0 Å². The van der Waals surface area contributed by atoms with Gasteiger partial charge in [0, 0.05) is 9.35 Å². The molecule has 1 aromatic carbocycles. The second kappa shape index (κ2) is 5.78. The number of rotatable bonds is 4. The fraction of sp³-hybridized carbons (Fsp3) is 0.375. The lowest BCUT2D eigenvalue weighted by Gasteiger charge is -2.24. The average molecular weight is 338 g/mol. The van der Waals surface area contributed by atoms with E-state index >= 15 is 0 Å². The Labute approximate surface area is 128 Å². The number of nitrogens with two attached hydrogens (primary N) is 1. The summed E-state index contributed by atoms with van der Waals surface area (Å²) in [7, 11) is 0. The molecule has 0 spiro atoms. The molecule has 0 radical (unpaired) electrons. The summed E-state index contributed by atoms with van der Waals surface area (Å²) >= 11 is 5.25. The van der Waals surface area contributed by atoms with Gasteiger partial charge in [0.1, 0.15) is 0 Å². The SMILES string of the molecule is CCC(C)(C)c1ccc(C(N)c2sccc2Br)cc1. The van der Waals surface area contributed by atoms with Gasteiger partial charge in [-0.25, -0.2) is 0 Å². The van der Waals surface area contributed by atoms with E-state index in [0.717, 1.165) is 10.9 Å². The fourth-order valence-electron chi connectivity index (χ4n) is 2.02. The summed E-state index contributed by atoms with van der Waals surface area (Å²) in [5, 5.41) is 2.06. The minimum Gasteiger partial charge on any atom is -0.320 e. The molecule has 1 heterocycles. The molecule has 0 aliphatic carbocycles. The van der Waals surface area contributed by atoms with Gasteiger partial charge in [-0.2, -0.15) is 0 Å². The Kier molecular flexibility index (Phi) is 4.49. The molecule has 0 bridgehead atoms. The van der Waals surface area contributed by atoms with Crippen molar-refractivity contribution in [3.05, 3.63) is 56.2 Å². The van der Waals surface area contributed by atoms with Gasteiger partial charge in [0.2, 0.25) is 0 Å².